The van der Waals surface area contributed by atoms with Gasteiger partial charge in [-0.3, -0.25) is 4.79 Å². The zero-order valence-corrected chi connectivity index (χ0v) is 13.0. The first-order valence-electron chi connectivity index (χ1n) is 6.38. The van der Waals surface area contributed by atoms with Crippen LogP contribution in [0.25, 0.3) is 20.2 Å². The summed E-state index contributed by atoms with van der Waals surface area (Å²) < 4.78 is 2.36. The van der Waals surface area contributed by atoms with Crippen LogP contribution < -0.4 is 4.90 Å². The lowest BCUT2D eigenvalue weighted by molar-refractivity contribution is 0.102. The molecule has 0 saturated carbocycles. The van der Waals surface area contributed by atoms with Gasteiger partial charge in [-0.25, -0.2) is 0 Å². The first kappa shape index (κ1) is 13.5. The number of hydrogen-bond donors (Lipinski definition) is 1. The predicted molar refractivity (Wildman–Crippen MR) is 87.6 cm³/mol. The summed E-state index contributed by atoms with van der Waals surface area (Å²) in [6.45, 7) is 2.40. The number of anilines is 1. The second kappa shape index (κ2) is 5.16. The molecule has 0 aliphatic carbocycles. The quantitative estimate of drug-likeness (QED) is 0.746. The Balaban J connectivity index is 2.09. The van der Waals surface area contributed by atoms with E-state index in [2.05, 4.69) is 23.1 Å². The fourth-order valence-corrected chi connectivity index (χ4v) is 4.25. The number of aliphatic hydroxyl groups excluding tert-OH is 1. The van der Waals surface area contributed by atoms with Crippen molar-refractivity contribution in [3.05, 3.63) is 29.1 Å². The van der Waals surface area contributed by atoms with Gasteiger partial charge in [0.15, 0.2) is 5.78 Å². The molecule has 3 nitrogen and oxygen atoms in total. The molecule has 0 bridgehead atoms. The van der Waals surface area contributed by atoms with Crippen molar-refractivity contribution < 1.29 is 9.90 Å². The Hall–Kier alpha value is -1.43. The van der Waals surface area contributed by atoms with Crippen molar-refractivity contribution in [3.8, 4) is 0 Å². The predicted octanol–water partition coefficient (Wildman–Crippen LogP) is 3.75. The topological polar surface area (TPSA) is 40.5 Å². The van der Waals surface area contributed by atoms with Crippen LogP contribution in [-0.4, -0.2) is 31.1 Å². The Morgan fingerprint density at radius 2 is 1.80 bits per heavy atom. The van der Waals surface area contributed by atoms with Crippen molar-refractivity contribution in [2.45, 2.75) is 6.92 Å². The summed E-state index contributed by atoms with van der Waals surface area (Å²) >= 11 is 3.26. The van der Waals surface area contributed by atoms with E-state index in [0.29, 0.717) is 6.54 Å². The van der Waals surface area contributed by atoms with Gasteiger partial charge >= 0.3 is 0 Å². The molecule has 3 rings (SSSR count). The molecule has 1 N–H and O–H groups in total. The van der Waals surface area contributed by atoms with Crippen LogP contribution in [0.1, 0.15) is 16.6 Å². The molecule has 0 atom stereocenters. The van der Waals surface area contributed by atoms with Crippen LogP contribution in [0.15, 0.2) is 24.3 Å². The lowest BCUT2D eigenvalue weighted by Crippen LogP contribution is -2.19. The molecule has 1 aromatic carbocycles. The van der Waals surface area contributed by atoms with E-state index in [1.165, 1.54) is 10.1 Å². The maximum atomic E-state index is 11.4. The van der Waals surface area contributed by atoms with Gasteiger partial charge in [-0.05, 0) is 42.0 Å². The minimum absolute atomic E-state index is 0.123. The highest BCUT2D eigenvalue weighted by molar-refractivity contribution is 7.23. The third-order valence-electron chi connectivity index (χ3n) is 3.30. The van der Waals surface area contributed by atoms with Gasteiger partial charge in [0.25, 0.3) is 0 Å². The van der Waals surface area contributed by atoms with Gasteiger partial charge in [-0.15, -0.1) is 22.7 Å². The Morgan fingerprint density at radius 1 is 1.15 bits per heavy atom. The minimum atomic E-state index is 0.123. The maximum Gasteiger partial charge on any atom is 0.169 e. The number of carbonyl (C=O) groups excluding carboxylic acids is 1. The van der Waals surface area contributed by atoms with Gasteiger partial charge in [-0.1, -0.05) is 0 Å². The molecule has 3 aromatic rings. The van der Waals surface area contributed by atoms with E-state index in [9.17, 15) is 4.79 Å². The minimum Gasteiger partial charge on any atom is -0.395 e. The number of Topliss-reactive ketones (excluding diaryl/α,β-unsaturated/α-hetero) is 1. The first-order chi connectivity index (χ1) is 9.58. The molecule has 0 aliphatic heterocycles. The van der Waals surface area contributed by atoms with E-state index in [1.807, 2.05) is 13.1 Å². The van der Waals surface area contributed by atoms with Crippen LogP contribution >= 0.6 is 22.7 Å². The molecule has 0 amide bonds. The smallest absolute Gasteiger partial charge is 0.169 e. The highest BCUT2D eigenvalue weighted by Gasteiger charge is 2.10. The molecule has 20 heavy (non-hydrogen) atoms. The summed E-state index contributed by atoms with van der Waals surface area (Å²) in [4.78, 5) is 14.3. The molecule has 2 aromatic heterocycles. The third-order valence-corrected chi connectivity index (χ3v) is 5.71. The summed E-state index contributed by atoms with van der Waals surface area (Å²) in [6, 6.07) is 8.41. The fourth-order valence-electron chi connectivity index (χ4n) is 2.18. The lowest BCUT2D eigenvalue weighted by Gasteiger charge is -2.14. The second-order valence-electron chi connectivity index (χ2n) is 4.82. The molecule has 0 aliphatic rings. The van der Waals surface area contributed by atoms with Crippen molar-refractivity contribution >= 4 is 53.6 Å². The Bertz CT molecular complexity index is 737. The number of hydrogen-bond acceptors (Lipinski definition) is 5. The number of ketones is 1. The number of fused-ring (bicyclic) bond motifs is 2. The molecule has 5 heteroatoms. The number of aliphatic hydroxyl groups is 1. The van der Waals surface area contributed by atoms with E-state index < -0.39 is 0 Å². The van der Waals surface area contributed by atoms with E-state index in [-0.39, 0.29) is 12.4 Å². The molecule has 104 valence electrons. The van der Waals surface area contributed by atoms with Crippen molar-refractivity contribution in [2.24, 2.45) is 0 Å². The standard InChI is InChI=1S/C15H15NO2S2/c1-9(18)12-5-10-6-14-11(7-13(10)19-12)8-15(20-14)16(2)3-4-17/h5-8,17H,3-4H2,1-2H3. The normalized spacial score (nSPS) is 11.3. The number of likely N-dealkylation sites (N-methyl/N-ethyl adjacent to an activating group) is 1. The van der Waals surface area contributed by atoms with Gasteiger partial charge in [0.05, 0.1) is 16.5 Å². The van der Waals surface area contributed by atoms with Crippen LogP contribution in [0.3, 0.4) is 0 Å². The Morgan fingerprint density at radius 3 is 2.45 bits per heavy atom. The molecule has 2 heterocycles. The number of benzene rings is 1. The maximum absolute atomic E-state index is 11.4. The molecule has 0 spiro atoms. The molecular weight excluding hydrogens is 290 g/mol. The molecule has 0 saturated heterocycles. The number of thiophene rings is 2. The first-order valence-corrected chi connectivity index (χ1v) is 8.02. The van der Waals surface area contributed by atoms with E-state index in [4.69, 9.17) is 5.11 Å². The summed E-state index contributed by atoms with van der Waals surface area (Å²) in [5.41, 5.74) is 0. The summed E-state index contributed by atoms with van der Waals surface area (Å²) in [5.74, 6) is 0.123. The Kier molecular flexibility index (Phi) is 3.50. The summed E-state index contributed by atoms with van der Waals surface area (Å²) in [6.07, 6.45) is 0. The van der Waals surface area contributed by atoms with Crippen molar-refractivity contribution in [1.82, 2.24) is 0 Å². The van der Waals surface area contributed by atoms with E-state index >= 15 is 0 Å². The van der Waals surface area contributed by atoms with Crippen molar-refractivity contribution in [1.29, 1.82) is 0 Å². The molecule has 0 fully saturated rings. The fraction of sp³-hybridized carbons (Fsp3) is 0.267. The van der Waals surface area contributed by atoms with Crippen LogP contribution in [0, 0.1) is 0 Å². The monoisotopic (exact) mass is 305 g/mol. The van der Waals surface area contributed by atoms with E-state index in [0.717, 1.165) is 20.0 Å². The van der Waals surface area contributed by atoms with Gasteiger partial charge in [0.2, 0.25) is 0 Å². The van der Waals surface area contributed by atoms with Crippen molar-refractivity contribution in [2.75, 3.05) is 25.1 Å². The number of nitrogens with zero attached hydrogens (tertiary/aromatic N) is 1. The average molecular weight is 305 g/mol. The summed E-state index contributed by atoms with van der Waals surface area (Å²) in [7, 11) is 1.98. The van der Waals surface area contributed by atoms with Crippen LogP contribution in [0.2, 0.25) is 0 Å². The van der Waals surface area contributed by atoms with Gasteiger partial charge in [0, 0.05) is 23.0 Å². The highest BCUT2D eigenvalue weighted by Crippen LogP contribution is 2.37. The van der Waals surface area contributed by atoms with Gasteiger partial charge in [-0.2, -0.15) is 0 Å². The zero-order valence-electron chi connectivity index (χ0n) is 11.3. The largest absolute Gasteiger partial charge is 0.395 e. The van der Waals surface area contributed by atoms with Crippen LogP contribution in [-0.2, 0) is 0 Å². The molecule has 0 radical (unpaired) electrons. The number of carbonyl (C=O) groups is 1. The number of rotatable bonds is 4. The van der Waals surface area contributed by atoms with Gasteiger partial charge in [0.1, 0.15) is 0 Å². The molecule has 0 unspecified atom stereocenters. The van der Waals surface area contributed by atoms with E-state index in [1.54, 1.807) is 29.6 Å². The third kappa shape index (κ3) is 2.32. The zero-order chi connectivity index (χ0) is 14.3. The highest BCUT2D eigenvalue weighted by atomic mass is 32.1. The SMILES string of the molecule is CC(=O)c1cc2cc3sc(N(C)CCO)cc3cc2s1. The van der Waals surface area contributed by atoms with Crippen molar-refractivity contribution in [3.63, 3.8) is 0 Å². The molecular formula is C15H15NO2S2. The van der Waals surface area contributed by atoms with Gasteiger partial charge < -0.3 is 10.0 Å². The second-order valence-corrected chi connectivity index (χ2v) is 6.97. The summed E-state index contributed by atoms with van der Waals surface area (Å²) in [5, 5.41) is 12.5. The lowest BCUT2D eigenvalue weighted by atomic mass is 10.2. The van der Waals surface area contributed by atoms with Crippen LogP contribution in [0.4, 0.5) is 5.00 Å². The Labute approximate surface area is 125 Å². The van der Waals surface area contributed by atoms with Crippen LogP contribution in [0.5, 0.6) is 0 Å². The average Bonchev–Trinajstić information content (AvgIpc) is 2.98.